The minimum absolute atomic E-state index is 0.152. The predicted molar refractivity (Wildman–Crippen MR) is 148 cm³/mol. The van der Waals surface area contributed by atoms with Crippen LogP contribution in [-0.2, 0) is 26.2 Å². The molecule has 1 N–H and O–H groups in total. The van der Waals surface area contributed by atoms with Crippen molar-refractivity contribution < 1.29 is 28.5 Å². The number of methoxy groups -OCH3 is 2. The molecule has 2 aliphatic heterocycles. The summed E-state index contributed by atoms with van der Waals surface area (Å²) >= 11 is 0. The Morgan fingerprint density at radius 1 is 1.11 bits per heavy atom. The monoisotopic (exact) mass is 532 g/mol. The van der Waals surface area contributed by atoms with Crippen LogP contribution in [0.15, 0.2) is 12.1 Å². The van der Waals surface area contributed by atoms with Gasteiger partial charge >= 0.3 is 12.1 Å². The number of nitrogens with zero attached hydrogens (tertiary/aromatic N) is 1. The van der Waals surface area contributed by atoms with E-state index >= 15 is 0 Å². The van der Waals surface area contributed by atoms with Crippen molar-refractivity contribution in [1.82, 2.24) is 10.2 Å². The second kappa shape index (κ2) is 11.7. The van der Waals surface area contributed by atoms with Gasteiger partial charge in [-0.2, -0.15) is 0 Å². The molecule has 0 aromatic heterocycles. The zero-order chi connectivity index (χ0) is 28.4. The number of piperidine rings is 1. The fourth-order valence-electron chi connectivity index (χ4n) is 5.92. The van der Waals surface area contributed by atoms with Crippen LogP contribution in [0.25, 0.3) is 0 Å². The molecule has 8 nitrogen and oxygen atoms in total. The Bertz CT molecular complexity index is 1000. The van der Waals surface area contributed by atoms with Crippen LogP contribution in [-0.4, -0.2) is 62.0 Å². The largest absolute Gasteiger partial charge is 0.493 e. The van der Waals surface area contributed by atoms with E-state index in [2.05, 4.69) is 43.1 Å². The summed E-state index contributed by atoms with van der Waals surface area (Å²) in [5.41, 5.74) is 1.45. The van der Waals surface area contributed by atoms with Crippen LogP contribution in [0.3, 0.4) is 0 Å². The van der Waals surface area contributed by atoms with Gasteiger partial charge in [-0.3, -0.25) is 4.90 Å². The summed E-state index contributed by atoms with van der Waals surface area (Å²) < 4.78 is 22.9. The molecule has 1 amide bonds. The molecule has 1 aromatic carbocycles. The number of carbonyl (C=O) groups excluding carboxylic acids is 2. The second-order valence-corrected chi connectivity index (χ2v) is 12.8. The van der Waals surface area contributed by atoms with Gasteiger partial charge in [0.1, 0.15) is 17.7 Å². The first-order chi connectivity index (χ1) is 17.7. The summed E-state index contributed by atoms with van der Waals surface area (Å²) in [6, 6.07) is 3.37. The highest BCUT2D eigenvalue weighted by Gasteiger charge is 2.49. The number of ether oxygens (including phenoxy) is 4. The van der Waals surface area contributed by atoms with Gasteiger partial charge in [0.25, 0.3) is 0 Å². The molecule has 1 saturated heterocycles. The topological polar surface area (TPSA) is 86.3 Å². The Morgan fingerprint density at radius 3 is 2.29 bits per heavy atom. The lowest BCUT2D eigenvalue weighted by molar-refractivity contribution is -0.165. The summed E-state index contributed by atoms with van der Waals surface area (Å²) in [7, 11) is 3.31. The number of carbonyl (C=O) groups is 2. The molecular weight excluding hydrogens is 484 g/mol. The zero-order valence-electron chi connectivity index (χ0n) is 25.0. The maximum Gasteiger partial charge on any atom is 0.408 e. The van der Waals surface area contributed by atoms with Crippen molar-refractivity contribution in [2.24, 2.45) is 17.8 Å². The Balaban J connectivity index is 1.90. The summed E-state index contributed by atoms with van der Waals surface area (Å²) in [4.78, 5) is 28.6. The number of fused-ring (bicyclic) bond motifs is 3. The van der Waals surface area contributed by atoms with Crippen molar-refractivity contribution in [3.63, 3.8) is 0 Å². The number of alkyl carbamates (subject to hydrolysis) is 1. The third-order valence-electron chi connectivity index (χ3n) is 7.75. The fraction of sp³-hybridized carbons (Fsp3) is 0.733. The number of nitrogens with one attached hydrogen (secondary N) is 1. The van der Waals surface area contributed by atoms with E-state index in [-0.39, 0.29) is 23.5 Å². The standard InChI is InChI=1S/C30H48N2O6/c1-18(2)13-21-17-32-12-11-20-14-23(35-9)24(36-10)15-22(20)30(32,8)16-25(21)37-27(33)26(19(3)4)31-28(34)38-29(5,6)7/h14-15,18-19,21,25-26H,11-13,16-17H2,1-10H3,(H,31,34)/t21-,25-,26+,30-/m1/s1. The van der Waals surface area contributed by atoms with Gasteiger partial charge in [-0.05, 0) is 75.6 Å². The maximum atomic E-state index is 13.5. The first-order valence-electron chi connectivity index (χ1n) is 13.9. The maximum absolute atomic E-state index is 13.5. The summed E-state index contributed by atoms with van der Waals surface area (Å²) in [5, 5.41) is 2.75. The smallest absolute Gasteiger partial charge is 0.408 e. The van der Waals surface area contributed by atoms with Crippen molar-refractivity contribution in [2.45, 2.75) is 97.9 Å². The van der Waals surface area contributed by atoms with Gasteiger partial charge < -0.3 is 24.3 Å². The highest BCUT2D eigenvalue weighted by Crippen LogP contribution is 2.48. The SMILES string of the molecule is COc1cc2c(cc1OC)[C@@]1(C)C[C@@H](OC(=O)[C@@H](NC(=O)OC(C)(C)C)C(C)C)[C@H](CC(C)C)CN1CC2. The molecule has 38 heavy (non-hydrogen) atoms. The number of esters is 1. The lowest BCUT2D eigenvalue weighted by atomic mass is 9.71. The molecule has 4 atom stereocenters. The van der Waals surface area contributed by atoms with Crippen molar-refractivity contribution in [3.05, 3.63) is 23.3 Å². The zero-order valence-corrected chi connectivity index (χ0v) is 25.0. The lowest BCUT2D eigenvalue weighted by Gasteiger charge is -2.54. The Morgan fingerprint density at radius 2 is 1.74 bits per heavy atom. The molecule has 1 aromatic rings. The van der Waals surface area contributed by atoms with Gasteiger partial charge in [0.05, 0.1) is 14.2 Å². The number of rotatable bonds is 8. The van der Waals surface area contributed by atoms with E-state index in [1.807, 2.05) is 13.8 Å². The minimum atomic E-state index is -0.793. The summed E-state index contributed by atoms with van der Waals surface area (Å²) in [6.45, 7) is 17.6. The molecule has 0 aliphatic carbocycles. The Kier molecular flexibility index (Phi) is 9.28. The number of hydrogen-bond donors (Lipinski definition) is 1. The van der Waals surface area contributed by atoms with E-state index in [0.29, 0.717) is 18.1 Å². The van der Waals surface area contributed by atoms with Crippen molar-refractivity contribution in [1.29, 1.82) is 0 Å². The second-order valence-electron chi connectivity index (χ2n) is 12.8. The molecule has 2 heterocycles. The first-order valence-corrected chi connectivity index (χ1v) is 13.9. The molecule has 0 radical (unpaired) electrons. The van der Waals surface area contributed by atoms with Crippen LogP contribution in [0.2, 0.25) is 0 Å². The molecule has 3 rings (SSSR count). The van der Waals surface area contributed by atoms with E-state index in [9.17, 15) is 9.59 Å². The average molecular weight is 533 g/mol. The molecule has 8 heteroatoms. The lowest BCUT2D eigenvalue weighted by Crippen LogP contribution is -2.59. The van der Waals surface area contributed by atoms with E-state index in [1.54, 1.807) is 35.0 Å². The number of hydrogen-bond acceptors (Lipinski definition) is 7. The Hall–Kier alpha value is -2.48. The van der Waals surface area contributed by atoms with E-state index in [4.69, 9.17) is 18.9 Å². The van der Waals surface area contributed by atoms with E-state index < -0.39 is 23.7 Å². The molecular formula is C30H48N2O6. The van der Waals surface area contributed by atoms with Crippen LogP contribution < -0.4 is 14.8 Å². The van der Waals surface area contributed by atoms with Gasteiger partial charge in [-0.25, -0.2) is 9.59 Å². The highest BCUT2D eigenvalue weighted by atomic mass is 16.6. The fourth-order valence-corrected chi connectivity index (χ4v) is 5.92. The van der Waals surface area contributed by atoms with Crippen LogP contribution in [0.4, 0.5) is 4.79 Å². The molecule has 0 saturated carbocycles. The molecule has 0 unspecified atom stereocenters. The van der Waals surface area contributed by atoms with Crippen LogP contribution >= 0.6 is 0 Å². The minimum Gasteiger partial charge on any atom is -0.493 e. The van der Waals surface area contributed by atoms with Gasteiger partial charge in [-0.1, -0.05) is 27.7 Å². The van der Waals surface area contributed by atoms with Crippen molar-refractivity contribution >= 4 is 12.1 Å². The predicted octanol–water partition coefficient (Wildman–Crippen LogP) is 5.30. The van der Waals surface area contributed by atoms with Crippen LogP contribution in [0.1, 0.15) is 79.4 Å². The van der Waals surface area contributed by atoms with E-state index in [0.717, 1.165) is 31.7 Å². The van der Waals surface area contributed by atoms with Gasteiger partial charge in [-0.15, -0.1) is 0 Å². The summed E-state index contributed by atoms with van der Waals surface area (Å²) in [5.74, 6) is 1.53. The molecule has 0 spiro atoms. The van der Waals surface area contributed by atoms with Crippen LogP contribution in [0, 0.1) is 17.8 Å². The van der Waals surface area contributed by atoms with Crippen molar-refractivity contribution in [3.8, 4) is 11.5 Å². The molecule has 2 aliphatic rings. The van der Waals surface area contributed by atoms with Crippen molar-refractivity contribution in [2.75, 3.05) is 27.3 Å². The van der Waals surface area contributed by atoms with Gasteiger partial charge in [0.2, 0.25) is 0 Å². The van der Waals surface area contributed by atoms with Gasteiger partial charge in [0, 0.05) is 31.0 Å². The summed E-state index contributed by atoms with van der Waals surface area (Å²) in [6.07, 6.45) is 1.65. The molecule has 0 bridgehead atoms. The third-order valence-corrected chi connectivity index (χ3v) is 7.75. The van der Waals surface area contributed by atoms with Gasteiger partial charge in [0.15, 0.2) is 11.5 Å². The normalized spacial score (nSPS) is 24.3. The average Bonchev–Trinajstić information content (AvgIpc) is 2.80. The van der Waals surface area contributed by atoms with E-state index in [1.165, 1.54) is 11.1 Å². The quantitative estimate of drug-likeness (QED) is 0.455. The molecule has 214 valence electrons. The van der Waals surface area contributed by atoms with Crippen LogP contribution in [0.5, 0.6) is 11.5 Å². The first kappa shape index (κ1) is 30.1. The number of amides is 1. The Labute approximate surface area is 228 Å². The third kappa shape index (κ3) is 6.74. The highest BCUT2D eigenvalue weighted by molar-refractivity contribution is 5.81. The number of benzene rings is 1. The molecule has 1 fully saturated rings.